The summed E-state index contributed by atoms with van der Waals surface area (Å²) in [4.78, 5) is 25.6. The number of amides is 1. The van der Waals surface area contributed by atoms with E-state index in [1.807, 2.05) is 35.0 Å². The minimum atomic E-state index is -0.512. The second kappa shape index (κ2) is 6.53. The third-order valence-corrected chi connectivity index (χ3v) is 5.02. The first kappa shape index (κ1) is 16.9. The number of carbonyl (C=O) groups excluding carboxylic acids is 2. The topological polar surface area (TPSA) is 62.5 Å². The first-order valence-electron chi connectivity index (χ1n) is 7.75. The van der Waals surface area contributed by atoms with Crippen molar-refractivity contribution in [3.63, 3.8) is 0 Å². The second-order valence-corrected chi connectivity index (χ2v) is 7.33. The van der Waals surface area contributed by atoms with E-state index < -0.39 is 5.41 Å². The molecule has 2 heterocycles. The van der Waals surface area contributed by atoms with Crippen LogP contribution in [0, 0.1) is 5.41 Å². The summed E-state index contributed by atoms with van der Waals surface area (Å²) in [5.74, 6) is -0.108. The summed E-state index contributed by atoms with van der Waals surface area (Å²) in [5, 5.41) is 10.7. The van der Waals surface area contributed by atoms with Crippen molar-refractivity contribution in [2.75, 3.05) is 19.7 Å². The summed E-state index contributed by atoms with van der Waals surface area (Å²) in [6, 6.07) is 7.91. The minimum Gasteiger partial charge on any atom is -0.396 e. The lowest BCUT2D eigenvalue weighted by molar-refractivity contribution is -0.145. The van der Waals surface area contributed by atoms with Gasteiger partial charge < -0.3 is 14.6 Å². The van der Waals surface area contributed by atoms with Crippen molar-refractivity contribution in [2.45, 2.75) is 13.0 Å². The summed E-state index contributed by atoms with van der Waals surface area (Å²) in [5.41, 5.74) is 0.489. The maximum atomic E-state index is 12.5. The molecule has 0 spiro atoms. The van der Waals surface area contributed by atoms with Gasteiger partial charge >= 0.3 is 0 Å². The standard InChI is InChI=1S/C18H19BrN2O3/c1-2-17(24)21-10-18(11-21,12-22)8-15(23)9-20-6-5-13-7-14(19)3-4-16(13)20/h2-7,22H,1,8-12H2. The van der Waals surface area contributed by atoms with Crippen LogP contribution >= 0.6 is 15.9 Å². The molecule has 0 bridgehead atoms. The van der Waals surface area contributed by atoms with Crippen molar-refractivity contribution in [1.29, 1.82) is 0 Å². The normalized spacial score (nSPS) is 16.0. The Bertz CT molecular complexity index is 806. The lowest BCUT2D eigenvalue weighted by Crippen LogP contribution is -2.60. The van der Waals surface area contributed by atoms with Crippen molar-refractivity contribution in [1.82, 2.24) is 9.47 Å². The van der Waals surface area contributed by atoms with Crippen molar-refractivity contribution < 1.29 is 14.7 Å². The number of fused-ring (bicyclic) bond motifs is 1. The predicted octanol–water partition coefficient (Wildman–Crippen LogP) is 2.37. The Labute approximate surface area is 148 Å². The Morgan fingerprint density at radius 2 is 2.08 bits per heavy atom. The van der Waals surface area contributed by atoms with Gasteiger partial charge in [-0.25, -0.2) is 0 Å². The van der Waals surface area contributed by atoms with Gasteiger partial charge in [0.2, 0.25) is 5.91 Å². The number of rotatable bonds is 6. The van der Waals surface area contributed by atoms with E-state index in [0.717, 1.165) is 15.4 Å². The predicted molar refractivity (Wildman–Crippen MR) is 95.6 cm³/mol. The molecule has 2 aromatic rings. The van der Waals surface area contributed by atoms with Crippen LogP contribution in [-0.4, -0.2) is 46.0 Å². The number of Topliss-reactive ketones (excluding diaryl/α,β-unsaturated/α-hetero) is 1. The molecule has 1 aromatic carbocycles. The molecule has 0 unspecified atom stereocenters. The van der Waals surface area contributed by atoms with Gasteiger partial charge in [-0.1, -0.05) is 22.5 Å². The van der Waals surface area contributed by atoms with E-state index in [0.29, 0.717) is 13.1 Å². The Kier molecular flexibility index (Phi) is 4.60. The zero-order valence-electron chi connectivity index (χ0n) is 13.2. The molecule has 126 valence electrons. The van der Waals surface area contributed by atoms with Crippen LogP contribution in [0.4, 0.5) is 0 Å². The summed E-state index contributed by atoms with van der Waals surface area (Å²) in [7, 11) is 0. The van der Waals surface area contributed by atoms with E-state index in [1.54, 1.807) is 4.90 Å². The number of aromatic nitrogens is 1. The van der Waals surface area contributed by atoms with Crippen molar-refractivity contribution in [2.24, 2.45) is 5.41 Å². The average molecular weight is 391 g/mol. The average Bonchev–Trinajstić information content (AvgIpc) is 2.91. The van der Waals surface area contributed by atoms with Crippen LogP contribution in [0.3, 0.4) is 0 Å². The molecule has 0 radical (unpaired) electrons. The number of aliphatic hydroxyl groups is 1. The van der Waals surface area contributed by atoms with Gasteiger partial charge in [0, 0.05) is 46.5 Å². The Morgan fingerprint density at radius 1 is 1.33 bits per heavy atom. The van der Waals surface area contributed by atoms with Gasteiger partial charge in [0.25, 0.3) is 0 Å². The lowest BCUT2D eigenvalue weighted by Gasteiger charge is -2.48. The van der Waals surface area contributed by atoms with E-state index in [4.69, 9.17) is 0 Å². The molecule has 0 saturated carbocycles. The number of hydrogen-bond donors (Lipinski definition) is 1. The number of ketones is 1. The summed E-state index contributed by atoms with van der Waals surface area (Å²) in [6.07, 6.45) is 3.42. The van der Waals surface area contributed by atoms with E-state index in [9.17, 15) is 14.7 Å². The van der Waals surface area contributed by atoms with Gasteiger partial charge in [-0.2, -0.15) is 0 Å². The van der Waals surface area contributed by atoms with Crippen molar-refractivity contribution in [3.05, 3.63) is 47.6 Å². The Balaban J connectivity index is 1.66. The van der Waals surface area contributed by atoms with Crippen LogP contribution < -0.4 is 0 Å². The number of hydrogen-bond acceptors (Lipinski definition) is 3. The van der Waals surface area contributed by atoms with Crippen LogP contribution in [0.25, 0.3) is 10.9 Å². The smallest absolute Gasteiger partial charge is 0.245 e. The zero-order valence-corrected chi connectivity index (χ0v) is 14.8. The lowest BCUT2D eigenvalue weighted by atomic mass is 9.76. The van der Waals surface area contributed by atoms with Gasteiger partial charge in [-0.15, -0.1) is 0 Å². The maximum absolute atomic E-state index is 12.5. The van der Waals surface area contributed by atoms with Crippen molar-refractivity contribution >= 4 is 38.5 Å². The number of aliphatic hydroxyl groups excluding tert-OH is 1. The fraction of sp³-hybridized carbons (Fsp3) is 0.333. The molecule has 3 rings (SSSR count). The van der Waals surface area contributed by atoms with Gasteiger partial charge in [-0.3, -0.25) is 9.59 Å². The SMILES string of the molecule is C=CC(=O)N1CC(CO)(CC(=O)Cn2ccc3cc(Br)ccc32)C1. The minimum absolute atomic E-state index is 0.0511. The second-order valence-electron chi connectivity index (χ2n) is 6.42. The summed E-state index contributed by atoms with van der Waals surface area (Å²) < 4.78 is 2.92. The number of likely N-dealkylation sites (tertiary alicyclic amines) is 1. The molecule has 1 saturated heterocycles. The third kappa shape index (κ3) is 3.16. The van der Waals surface area contributed by atoms with E-state index in [1.165, 1.54) is 6.08 Å². The highest BCUT2D eigenvalue weighted by Crippen LogP contribution is 2.34. The molecule has 6 heteroatoms. The largest absolute Gasteiger partial charge is 0.396 e. The van der Waals surface area contributed by atoms with E-state index in [2.05, 4.69) is 22.5 Å². The van der Waals surface area contributed by atoms with Gasteiger partial charge in [-0.05, 0) is 30.3 Å². The summed E-state index contributed by atoms with van der Waals surface area (Å²) in [6.45, 7) is 4.43. The Morgan fingerprint density at radius 3 is 2.75 bits per heavy atom. The Hall–Kier alpha value is -1.92. The molecule has 1 N–H and O–H groups in total. The number of carbonyl (C=O) groups is 2. The molecule has 0 aliphatic carbocycles. The molecular formula is C18H19BrN2O3. The molecule has 1 aromatic heterocycles. The van der Waals surface area contributed by atoms with Crippen LogP contribution in [0.5, 0.6) is 0 Å². The van der Waals surface area contributed by atoms with Crippen molar-refractivity contribution in [3.8, 4) is 0 Å². The maximum Gasteiger partial charge on any atom is 0.245 e. The monoisotopic (exact) mass is 390 g/mol. The molecule has 1 aliphatic heterocycles. The molecular weight excluding hydrogens is 372 g/mol. The van der Waals surface area contributed by atoms with E-state index >= 15 is 0 Å². The first-order chi connectivity index (χ1) is 11.5. The highest BCUT2D eigenvalue weighted by atomic mass is 79.9. The van der Waals surface area contributed by atoms with Crippen LogP contribution in [-0.2, 0) is 16.1 Å². The molecule has 5 nitrogen and oxygen atoms in total. The molecule has 1 aliphatic rings. The molecule has 0 atom stereocenters. The number of halogens is 1. The molecule has 24 heavy (non-hydrogen) atoms. The molecule has 1 fully saturated rings. The third-order valence-electron chi connectivity index (χ3n) is 4.53. The first-order valence-corrected chi connectivity index (χ1v) is 8.54. The number of benzene rings is 1. The fourth-order valence-electron chi connectivity index (χ4n) is 3.29. The van der Waals surface area contributed by atoms with Crippen LogP contribution in [0.1, 0.15) is 6.42 Å². The quantitative estimate of drug-likeness (QED) is 0.770. The van der Waals surface area contributed by atoms with Gasteiger partial charge in [0.1, 0.15) is 0 Å². The van der Waals surface area contributed by atoms with Crippen LogP contribution in [0.15, 0.2) is 47.6 Å². The zero-order chi connectivity index (χ0) is 17.3. The van der Waals surface area contributed by atoms with Gasteiger partial charge in [0.15, 0.2) is 5.78 Å². The highest BCUT2D eigenvalue weighted by molar-refractivity contribution is 9.10. The fourth-order valence-corrected chi connectivity index (χ4v) is 3.67. The molecule has 1 amide bonds. The van der Waals surface area contributed by atoms with Crippen LogP contribution in [0.2, 0.25) is 0 Å². The highest BCUT2D eigenvalue weighted by Gasteiger charge is 2.45. The van der Waals surface area contributed by atoms with E-state index in [-0.39, 0.29) is 31.3 Å². The number of nitrogens with zero attached hydrogens (tertiary/aromatic N) is 2. The summed E-state index contributed by atoms with van der Waals surface area (Å²) >= 11 is 3.44. The van der Waals surface area contributed by atoms with Gasteiger partial charge in [0.05, 0.1) is 13.2 Å².